The van der Waals surface area contributed by atoms with E-state index in [1.54, 1.807) is 12.1 Å². The van der Waals surface area contributed by atoms with E-state index in [2.05, 4.69) is 29.6 Å². The van der Waals surface area contributed by atoms with Crippen molar-refractivity contribution in [3.05, 3.63) is 82.9 Å². The SMILES string of the molecule is COc1cc(CO)cc(OC)c1C(O)C(O)CCNC(=O)OCC1c2ccccc2-c2ccccc21. The van der Waals surface area contributed by atoms with E-state index in [0.717, 1.165) is 22.3 Å². The minimum atomic E-state index is -1.33. The number of nitrogens with one attached hydrogen (secondary N) is 1. The van der Waals surface area contributed by atoms with Gasteiger partial charge in [0.25, 0.3) is 0 Å². The van der Waals surface area contributed by atoms with Gasteiger partial charge in [-0.15, -0.1) is 0 Å². The van der Waals surface area contributed by atoms with E-state index >= 15 is 0 Å². The molecule has 1 aliphatic rings. The Kier molecular flexibility index (Phi) is 8.10. The third-order valence-corrected chi connectivity index (χ3v) is 6.50. The van der Waals surface area contributed by atoms with Gasteiger partial charge in [-0.3, -0.25) is 0 Å². The topological polar surface area (TPSA) is 117 Å². The molecule has 1 aliphatic carbocycles. The number of alkyl carbamates (subject to hydrolysis) is 1. The summed E-state index contributed by atoms with van der Waals surface area (Å²) in [6.07, 6.45) is -3.06. The first-order chi connectivity index (χ1) is 17.5. The predicted octanol–water partition coefficient (Wildman–Crippen LogP) is 3.52. The van der Waals surface area contributed by atoms with E-state index in [0.29, 0.717) is 5.56 Å². The lowest BCUT2D eigenvalue weighted by atomic mass is 9.98. The highest BCUT2D eigenvalue weighted by Crippen LogP contribution is 2.44. The van der Waals surface area contributed by atoms with Gasteiger partial charge in [0.05, 0.1) is 32.5 Å². The molecule has 36 heavy (non-hydrogen) atoms. The molecule has 2 atom stereocenters. The third kappa shape index (κ3) is 5.16. The van der Waals surface area contributed by atoms with Gasteiger partial charge in [0, 0.05) is 12.5 Å². The molecular formula is C28H31NO7. The van der Waals surface area contributed by atoms with Crippen molar-refractivity contribution in [2.45, 2.75) is 31.2 Å². The van der Waals surface area contributed by atoms with Crippen molar-refractivity contribution in [2.75, 3.05) is 27.4 Å². The molecule has 0 spiro atoms. The number of fused-ring (bicyclic) bond motifs is 3. The van der Waals surface area contributed by atoms with Crippen molar-refractivity contribution in [1.29, 1.82) is 0 Å². The first-order valence-electron chi connectivity index (χ1n) is 11.8. The molecule has 3 aromatic rings. The summed E-state index contributed by atoms with van der Waals surface area (Å²) < 4.78 is 16.2. The van der Waals surface area contributed by atoms with Crippen LogP contribution in [-0.4, -0.2) is 54.9 Å². The minimum Gasteiger partial charge on any atom is -0.496 e. The average Bonchev–Trinajstić information content (AvgIpc) is 3.24. The summed E-state index contributed by atoms with van der Waals surface area (Å²) >= 11 is 0. The summed E-state index contributed by atoms with van der Waals surface area (Å²) in [5, 5.41) is 33.4. The largest absolute Gasteiger partial charge is 0.496 e. The fraction of sp³-hybridized carbons (Fsp3) is 0.321. The van der Waals surface area contributed by atoms with Crippen LogP contribution < -0.4 is 14.8 Å². The van der Waals surface area contributed by atoms with Crippen molar-refractivity contribution >= 4 is 6.09 Å². The zero-order chi connectivity index (χ0) is 25.7. The van der Waals surface area contributed by atoms with E-state index in [1.807, 2.05) is 24.3 Å². The Morgan fingerprint density at radius 3 is 2.03 bits per heavy atom. The predicted molar refractivity (Wildman–Crippen MR) is 134 cm³/mol. The minimum absolute atomic E-state index is 0.0441. The Labute approximate surface area is 210 Å². The smallest absolute Gasteiger partial charge is 0.407 e. The van der Waals surface area contributed by atoms with Crippen molar-refractivity contribution < 1.29 is 34.3 Å². The number of ether oxygens (including phenoxy) is 3. The van der Waals surface area contributed by atoms with Crippen LogP contribution in [0.2, 0.25) is 0 Å². The van der Waals surface area contributed by atoms with Crippen LogP contribution in [0, 0.1) is 0 Å². The number of aliphatic hydroxyl groups is 3. The Morgan fingerprint density at radius 1 is 0.944 bits per heavy atom. The highest BCUT2D eigenvalue weighted by molar-refractivity contribution is 5.79. The Balaban J connectivity index is 1.32. The molecule has 0 heterocycles. The van der Waals surface area contributed by atoms with Crippen LogP contribution in [-0.2, 0) is 11.3 Å². The number of benzene rings is 3. The number of carbonyl (C=O) groups excluding carboxylic acids is 1. The molecule has 0 saturated carbocycles. The Bertz CT molecular complexity index is 1140. The lowest BCUT2D eigenvalue weighted by molar-refractivity contribution is 0.0110. The highest BCUT2D eigenvalue weighted by Gasteiger charge is 2.29. The molecule has 8 nitrogen and oxygen atoms in total. The number of methoxy groups -OCH3 is 2. The summed E-state index contributed by atoms with van der Waals surface area (Å²) in [5.41, 5.74) is 5.37. The molecule has 3 aromatic carbocycles. The molecule has 4 N–H and O–H groups in total. The molecule has 1 amide bonds. The van der Waals surface area contributed by atoms with Gasteiger partial charge in [0.1, 0.15) is 24.2 Å². The lowest BCUT2D eigenvalue weighted by Gasteiger charge is -2.23. The summed E-state index contributed by atoms with van der Waals surface area (Å²) in [4.78, 5) is 12.4. The van der Waals surface area contributed by atoms with Gasteiger partial charge in [0.2, 0.25) is 0 Å². The number of amides is 1. The van der Waals surface area contributed by atoms with E-state index < -0.39 is 18.3 Å². The van der Waals surface area contributed by atoms with E-state index in [1.165, 1.54) is 14.2 Å². The second-order valence-electron chi connectivity index (χ2n) is 8.63. The van der Waals surface area contributed by atoms with Gasteiger partial charge >= 0.3 is 6.09 Å². The van der Waals surface area contributed by atoms with Gasteiger partial charge in [-0.2, -0.15) is 0 Å². The van der Waals surface area contributed by atoms with Crippen LogP contribution in [0.25, 0.3) is 11.1 Å². The number of hydrogen-bond acceptors (Lipinski definition) is 7. The molecule has 8 heteroatoms. The van der Waals surface area contributed by atoms with Crippen LogP contribution in [0.3, 0.4) is 0 Å². The highest BCUT2D eigenvalue weighted by atomic mass is 16.5. The molecule has 0 fully saturated rings. The normalized spacial score (nSPS) is 13.9. The maximum Gasteiger partial charge on any atom is 0.407 e. The molecule has 0 aromatic heterocycles. The second kappa shape index (κ2) is 11.4. The zero-order valence-electron chi connectivity index (χ0n) is 20.3. The second-order valence-corrected chi connectivity index (χ2v) is 8.63. The fourth-order valence-electron chi connectivity index (χ4n) is 4.70. The first-order valence-corrected chi connectivity index (χ1v) is 11.8. The lowest BCUT2D eigenvalue weighted by Crippen LogP contribution is -2.31. The molecule has 2 unspecified atom stereocenters. The standard InChI is InChI=1S/C28H31NO7/c1-34-24-13-17(15-30)14-25(35-2)26(24)27(32)23(31)11-12-29-28(33)36-16-22-20-9-5-3-7-18(20)19-8-4-6-10-21(19)22/h3-10,13-14,22-23,27,30-32H,11-12,15-16H2,1-2H3,(H,29,33). The van der Waals surface area contributed by atoms with Crippen molar-refractivity contribution in [1.82, 2.24) is 5.32 Å². The number of carbonyl (C=O) groups is 1. The van der Waals surface area contributed by atoms with E-state index in [-0.39, 0.29) is 49.2 Å². The van der Waals surface area contributed by atoms with Crippen molar-refractivity contribution in [2.24, 2.45) is 0 Å². The van der Waals surface area contributed by atoms with Crippen LogP contribution in [0.1, 0.15) is 40.7 Å². The molecule has 0 radical (unpaired) electrons. The zero-order valence-corrected chi connectivity index (χ0v) is 20.3. The Hall–Kier alpha value is -3.59. The van der Waals surface area contributed by atoms with Crippen molar-refractivity contribution in [3.63, 3.8) is 0 Å². The maximum atomic E-state index is 12.4. The van der Waals surface area contributed by atoms with Crippen molar-refractivity contribution in [3.8, 4) is 22.6 Å². The summed E-state index contributed by atoms with van der Waals surface area (Å²) in [6, 6.07) is 19.3. The number of rotatable bonds is 10. The van der Waals surface area contributed by atoms with Gasteiger partial charge in [0.15, 0.2) is 0 Å². The van der Waals surface area contributed by atoms with Crippen LogP contribution >= 0.6 is 0 Å². The van der Waals surface area contributed by atoms with Gasteiger partial charge in [-0.25, -0.2) is 4.79 Å². The Morgan fingerprint density at radius 2 is 1.50 bits per heavy atom. The number of hydrogen-bond donors (Lipinski definition) is 4. The molecular weight excluding hydrogens is 462 g/mol. The molecule has 0 aliphatic heterocycles. The van der Waals surface area contributed by atoms with Crippen LogP contribution in [0.15, 0.2) is 60.7 Å². The molecule has 190 valence electrons. The first kappa shape index (κ1) is 25.5. The summed E-state index contributed by atoms with van der Waals surface area (Å²) in [6.45, 7) is 0.0562. The average molecular weight is 494 g/mol. The van der Waals surface area contributed by atoms with Crippen LogP contribution in [0.5, 0.6) is 11.5 Å². The number of aliphatic hydroxyl groups excluding tert-OH is 3. The molecule has 0 bridgehead atoms. The molecule has 0 saturated heterocycles. The molecule has 4 rings (SSSR count). The van der Waals surface area contributed by atoms with Gasteiger partial charge in [-0.05, 0) is 46.4 Å². The monoisotopic (exact) mass is 493 g/mol. The third-order valence-electron chi connectivity index (χ3n) is 6.50. The van der Waals surface area contributed by atoms with E-state index in [4.69, 9.17) is 14.2 Å². The maximum absolute atomic E-state index is 12.4. The summed E-state index contributed by atoms with van der Waals surface area (Å²) in [5.74, 6) is 0.529. The quantitative estimate of drug-likeness (QED) is 0.341. The van der Waals surface area contributed by atoms with Gasteiger partial charge in [-0.1, -0.05) is 48.5 Å². The fourth-order valence-corrected chi connectivity index (χ4v) is 4.70. The van der Waals surface area contributed by atoms with E-state index in [9.17, 15) is 20.1 Å². The van der Waals surface area contributed by atoms with Gasteiger partial charge < -0.3 is 34.8 Å². The van der Waals surface area contributed by atoms with Crippen LogP contribution in [0.4, 0.5) is 4.79 Å². The summed E-state index contributed by atoms with van der Waals surface area (Å²) in [7, 11) is 2.86.